The standard InChI is InChI=1S/C17H23ClN2O4/c1-17(2,3)24-16(22)20-9-14(15(19)21)23-10-13(20)8-11-4-6-12(18)7-5-11/h4-7,13-14H,8-10H2,1-3H3,(H2,19,21)/t13-,14+/m0/s1. The maximum atomic E-state index is 12.5. The molecule has 0 aliphatic carbocycles. The molecule has 1 heterocycles. The Balaban J connectivity index is 2.15. The monoisotopic (exact) mass is 354 g/mol. The van der Waals surface area contributed by atoms with E-state index in [4.69, 9.17) is 26.8 Å². The number of carbonyl (C=O) groups excluding carboxylic acids is 2. The van der Waals surface area contributed by atoms with E-state index in [0.29, 0.717) is 11.4 Å². The molecule has 1 fully saturated rings. The van der Waals surface area contributed by atoms with Crippen LogP contribution in [0.15, 0.2) is 24.3 Å². The number of carbonyl (C=O) groups is 2. The Morgan fingerprint density at radius 3 is 2.50 bits per heavy atom. The van der Waals surface area contributed by atoms with Gasteiger partial charge in [-0.1, -0.05) is 23.7 Å². The van der Waals surface area contributed by atoms with Crippen LogP contribution in [0.4, 0.5) is 4.79 Å². The highest BCUT2D eigenvalue weighted by molar-refractivity contribution is 6.30. The lowest BCUT2D eigenvalue weighted by atomic mass is 10.0. The van der Waals surface area contributed by atoms with Crippen LogP contribution < -0.4 is 5.73 Å². The molecule has 0 bridgehead atoms. The maximum Gasteiger partial charge on any atom is 0.410 e. The summed E-state index contributed by atoms with van der Waals surface area (Å²) >= 11 is 5.90. The Bertz CT molecular complexity index is 598. The second-order valence-corrected chi connectivity index (χ2v) is 7.28. The number of morpholine rings is 1. The van der Waals surface area contributed by atoms with Gasteiger partial charge in [-0.25, -0.2) is 4.79 Å². The van der Waals surface area contributed by atoms with E-state index in [1.807, 2.05) is 12.1 Å². The molecule has 0 radical (unpaired) electrons. The van der Waals surface area contributed by atoms with Crippen molar-refractivity contribution in [2.75, 3.05) is 13.2 Å². The lowest BCUT2D eigenvalue weighted by Gasteiger charge is -2.39. The number of rotatable bonds is 3. The summed E-state index contributed by atoms with van der Waals surface area (Å²) in [7, 11) is 0. The van der Waals surface area contributed by atoms with Crippen LogP contribution in [-0.4, -0.2) is 47.8 Å². The molecule has 2 N–H and O–H groups in total. The molecule has 1 aliphatic rings. The maximum absolute atomic E-state index is 12.5. The lowest BCUT2D eigenvalue weighted by molar-refractivity contribution is -0.138. The number of hydrogen-bond donors (Lipinski definition) is 1. The third-order valence-corrected chi connectivity index (χ3v) is 3.87. The number of benzene rings is 1. The highest BCUT2D eigenvalue weighted by Crippen LogP contribution is 2.21. The third-order valence-electron chi connectivity index (χ3n) is 3.62. The molecule has 2 rings (SSSR count). The predicted molar refractivity (Wildman–Crippen MR) is 90.8 cm³/mol. The van der Waals surface area contributed by atoms with Gasteiger partial charge in [-0.15, -0.1) is 0 Å². The molecule has 1 aromatic carbocycles. The molecule has 0 spiro atoms. The topological polar surface area (TPSA) is 81.9 Å². The van der Waals surface area contributed by atoms with Crippen LogP contribution in [-0.2, 0) is 20.7 Å². The smallest absolute Gasteiger partial charge is 0.410 e. The fourth-order valence-corrected chi connectivity index (χ4v) is 2.60. The number of nitrogens with two attached hydrogens (primary N) is 1. The van der Waals surface area contributed by atoms with Gasteiger partial charge in [-0.3, -0.25) is 9.69 Å². The number of ether oxygens (including phenoxy) is 2. The normalized spacial score (nSPS) is 21.4. The highest BCUT2D eigenvalue weighted by Gasteiger charge is 2.36. The largest absolute Gasteiger partial charge is 0.444 e. The van der Waals surface area contributed by atoms with E-state index in [0.717, 1.165) is 5.56 Å². The van der Waals surface area contributed by atoms with Gasteiger partial charge in [-0.2, -0.15) is 0 Å². The summed E-state index contributed by atoms with van der Waals surface area (Å²) in [5, 5.41) is 0.649. The van der Waals surface area contributed by atoms with Gasteiger partial charge >= 0.3 is 6.09 Å². The summed E-state index contributed by atoms with van der Waals surface area (Å²) in [4.78, 5) is 25.5. The van der Waals surface area contributed by atoms with Gasteiger partial charge in [0.1, 0.15) is 5.60 Å². The Morgan fingerprint density at radius 1 is 1.33 bits per heavy atom. The lowest BCUT2D eigenvalue weighted by Crippen LogP contribution is -2.57. The van der Waals surface area contributed by atoms with Crippen molar-refractivity contribution < 1.29 is 19.1 Å². The van der Waals surface area contributed by atoms with Gasteiger partial charge in [0.25, 0.3) is 0 Å². The predicted octanol–water partition coefficient (Wildman–Crippen LogP) is 2.37. The van der Waals surface area contributed by atoms with Crippen molar-refractivity contribution in [3.8, 4) is 0 Å². The molecule has 0 aromatic heterocycles. The van der Waals surface area contributed by atoms with Gasteiger partial charge in [0.05, 0.1) is 19.2 Å². The van der Waals surface area contributed by atoms with Crippen molar-refractivity contribution in [1.82, 2.24) is 4.90 Å². The molecular weight excluding hydrogens is 332 g/mol. The minimum absolute atomic E-state index is 0.0858. The first-order valence-electron chi connectivity index (χ1n) is 7.80. The number of halogens is 1. The summed E-state index contributed by atoms with van der Waals surface area (Å²) in [6, 6.07) is 7.15. The second kappa shape index (κ2) is 7.40. The summed E-state index contributed by atoms with van der Waals surface area (Å²) in [6.45, 7) is 5.69. The molecule has 0 unspecified atom stereocenters. The van der Waals surface area contributed by atoms with E-state index in [-0.39, 0.29) is 19.2 Å². The van der Waals surface area contributed by atoms with Crippen LogP contribution in [0.3, 0.4) is 0 Å². The van der Waals surface area contributed by atoms with Crippen molar-refractivity contribution in [1.29, 1.82) is 0 Å². The van der Waals surface area contributed by atoms with Crippen LogP contribution in [0.2, 0.25) is 5.02 Å². The van der Waals surface area contributed by atoms with E-state index in [1.54, 1.807) is 32.9 Å². The first-order valence-corrected chi connectivity index (χ1v) is 8.18. The van der Waals surface area contributed by atoms with Crippen molar-refractivity contribution >= 4 is 23.6 Å². The zero-order chi connectivity index (χ0) is 17.9. The number of amides is 2. The summed E-state index contributed by atoms with van der Waals surface area (Å²) in [5.41, 5.74) is 5.70. The van der Waals surface area contributed by atoms with E-state index in [2.05, 4.69) is 0 Å². The average molecular weight is 355 g/mol. The van der Waals surface area contributed by atoms with Gasteiger partial charge in [0.15, 0.2) is 6.10 Å². The number of nitrogens with zero attached hydrogens (tertiary/aromatic N) is 1. The van der Waals surface area contributed by atoms with Crippen molar-refractivity contribution in [2.24, 2.45) is 5.73 Å². The summed E-state index contributed by atoms with van der Waals surface area (Å²) in [6.07, 6.45) is -0.725. The van der Waals surface area contributed by atoms with Crippen molar-refractivity contribution in [2.45, 2.75) is 44.9 Å². The van der Waals surface area contributed by atoms with E-state index in [9.17, 15) is 9.59 Å². The van der Waals surface area contributed by atoms with Crippen molar-refractivity contribution in [3.05, 3.63) is 34.9 Å². The molecule has 2 amide bonds. The first kappa shape index (κ1) is 18.5. The average Bonchev–Trinajstić information content (AvgIpc) is 2.48. The molecule has 1 aromatic rings. The molecule has 1 saturated heterocycles. The molecule has 2 atom stereocenters. The van der Waals surface area contributed by atoms with Gasteiger partial charge in [-0.05, 0) is 44.9 Å². The minimum atomic E-state index is -0.820. The zero-order valence-electron chi connectivity index (χ0n) is 14.1. The quantitative estimate of drug-likeness (QED) is 0.903. The molecular formula is C17H23ClN2O4. The Kier molecular flexibility index (Phi) is 5.72. The Morgan fingerprint density at radius 2 is 1.96 bits per heavy atom. The van der Waals surface area contributed by atoms with Crippen LogP contribution in [0.25, 0.3) is 0 Å². The van der Waals surface area contributed by atoms with E-state index < -0.39 is 23.7 Å². The van der Waals surface area contributed by atoms with Crippen LogP contribution >= 0.6 is 11.6 Å². The second-order valence-electron chi connectivity index (χ2n) is 6.84. The minimum Gasteiger partial charge on any atom is -0.444 e. The Labute approximate surface area is 146 Å². The van der Waals surface area contributed by atoms with Gasteiger partial charge in [0.2, 0.25) is 5.91 Å². The third kappa shape index (κ3) is 5.11. The fraction of sp³-hybridized carbons (Fsp3) is 0.529. The van der Waals surface area contributed by atoms with Gasteiger partial charge in [0, 0.05) is 5.02 Å². The zero-order valence-corrected chi connectivity index (χ0v) is 14.9. The summed E-state index contributed by atoms with van der Waals surface area (Å²) in [5.74, 6) is -0.589. The molecule has 6 nitrogen and oxygen atoms in total. The van der Waals surface area contributed by atoms with Gasteiger partial charge < -0.3 is 15.2 Å². The fourth-order valence-electron chi connectivity index (χ4n) is 2.48. The van der Waals surface area contributed by atoms with E-state index >= 15 is 0 Å². The SMILES string of the molecule is CC(C)(C)OC(=O)N1C[C@H](C(N)=O)OC[C@@H]1Cc1ccc(Cl)cc1. The Hall–Kier alpha value is -1.79. The van der Waals surface area contributed by atoms with Crippen LogP contribution in [0.5, 0.6) is 0 Å². The van der Waals surface area contributed by atoms with Crippen molar-refractivity contribution in [3.63, 3.8) is 0 Å². The molecule has 24 heavy (non-hydrogen) atoms. The van der Waals surface area contributed by atoms with Crippen LogP contribution in [0, 0.1) is 0 Å². The first-order chi connectivity index (χ1) is 11.2. The summed E-state index contributed by atoms with van der Waals surface area (Å²) < 4.78 is 11.0. The highest BCUT2D eigenvalue weighted by atomic mass is 35.5. The molecule has 0 saturated carbocycles. The molecule has 1 aliphatic heterocycles. The van der Waals surface area contributed by atoms with E-state index in [1.165, 1.54) is 4.90 Å². The molecule has 132 valence electrons. The number of primary amides is 1. The molecule has 7 heteroatoms. The van der Waals surface area contributed by atoms with Crippen LogP contribution in [0.1, 0.15) is 26.3 Å². The number of hydrogen-bond acceptors (Lipinski definition) is 4.